The van der Waals surface area contributed by atoms with Gasteiger partial charge in [0.15, 0.2) is 6.10 Å². The molecule has 0 bridgehead atoms. The maximum absolute atomic E-state index is 11.9. The maximum Gasteiger partial charge on any atom is 0.330 e. The van der Waals surface area contributed by atoms with Gasteiger partial charge in [-0.15, -0.1) is 0 Å². The van der Waals surface area contributed by atoms with Gasteiger partial charge in [-0.25, -0.2) is 4.79 Å². The van der Waals surface area contributed by atoms with Crippen LogP contribution in [0.15, 0.2) is 114 Å². The number of allylic oxidation sites excluding steroid dienone is 1. The molecule has 0 aliphatic carbocycles. The first-order valence-corrected chi connectivity index (χ1v) is 12.7. The summed E-state index contributed by atoms with van der Waals surface area (Å²) >= 11 is 0. The van der Waals surface area contributed by atoms with Gasteiger partial charge in [-0.2, -0.15) is 0 Å². The summed E-state index contributed by atoms with van der Waals surface area (Å²) in [6, 6.07) is 30.0. The third-order valence-corrected chi connectivity index (χ3v) is 6.17. The average Bonchev–Trinajstić information content (AvgIpc) is 2.96. The topological polar surface area (TPSA) is 63.2 Å². The number of carbonyl (C=O) groups excluding carboxylic acids is 1. The van der Waals surface area contributed by atoms with E-state index in [0.29, 0.717) is 31.2 Å². The molecule has 3 atom stereocenters. The van der Waals surface area contributed by atoms with E-state index < -0.39 is 24.3 Å². The normalized spacial score (nSPS) is 19.4. The fraction of sp³-hybridized carbons (Fsp3) is 0.281. The molecule has 1 aliphatic rings. The van der Waals surface area contributed by atoms with Gasteiger partial charge in [-0.1, -0.05) is 91.0 Å². The lowest BCUT2D eigenvalue weighted by Gasteiger charge is -2.37. The molecule has 6 heteroatoms. The van der Waals surface area contributed by atoms with Crippen molar-refractivity contribution in [2.24, 2.45) is 0 Å². The first-order valence-electron chi connectivity index (χ1n) is 12.7. The number of carbonyl (C=O) groups is 1. The summed E-state index contributed by atoms with van der Waals surface area (Å²) < 4.78 is 30.1. The van der Waals surface area contributed by atoms with Crippen LogP contribution in [-0.4, -0.2) is 38.0 Å². The fourth-order valence-corrected chi connectivity index (χ4v) is 4.13. The SMILES string of the molecule is COC(=O)/C=C(/C)C1=C[C@@H](OCc2ccccc2)[C@H](OCc2ccccc2)[C@@H](COCc2ccccc2)O1. The maximum atomic E-state index is 11.9. The number of ether oxygens (including phenoxy) is 5. The molecule has 0 saturated heterocycles. The Kier molecular flexibility index (Phi) is 10.3. The molecule has 0 spiro atoms. The van der Waals surface area contributed by atoms with Crippen molar-refractivity contribution in [1.82, 2.24) is 0 Å². The van der Waals surface area contributed by atoms with E-state index in [1.807, 2.05) is 104 Å². The van der Waals surface area contributed by atoms with Gasteiger partial charge >= 0.3 is 5.97 Å². The molecule has 0 N–H and O–H groups in total. The van der Waals surface area contributed by atoms with E-state index in [1.54, 1.807) is 0 Å². The molecule has 0 unspecified atom stereocenters. The second-order valence-electron chi connectivity index (χ2n) is 9.06. The summed E-state index contributed by atoms with van der Waals surface area (Å²) in [6.07, 6.45) is 1.94. The van der Waals surface area contributed by atoms with Crippen LogP contribution in [-0.2, 0) is 48.3 Å². The molecule has 0 fully saturated rings. The van der Waals surface area contributed by atoms with Crippen molar-refractivity contribution in [1.29, 1.82) is 0 Å². The molecule has 0 saturated carbocycles. The van der Waals surface area contributed by atoms with Crippen LogP contribution >= 0.6 is 0 Å². The van der Waals surface area contributed by atoms with Crippen LogP contribution in [0.5, 0.6) is 0 Å². The lowest BCUT2D eigenvalue weighted by molar-refractivity contribution is -0.152. The second-order valence-corrected chi connectivity index (χ2v) is 9.06. The van der Waals surface area contributed by atoms with E-state index in [0.717, 1.165) is 16.7 Å². The highest BCUT2D eigenvalue weighted by atomic mass is 16.6. The average molecular weight is 515 g/mol. The van der Waals surface area contributed by atoms with E-state index in [-0.39, 0.29) is 6.61 Å². The molecular weight excluding hydrogens is 480 g/mol. The van der Waals surface area contributed by atoms with Crippen molar-refractivity contribution < 1.29 is 28.5 Å². The first kappa shape index (κ1) is 27.3. The van der Waals surface area contributed by atoms with Crippen LogP contribution in [0.4, 0.5) is 0 Å². The van der Waals surface area contributed by atoms with Crippen LogP contribution in [0.3, 0.4) is 0 Å². The number of benzene rings is 3. The summed E-state index contributed by atoms with van der Waals surface area (Å²) in [7, 11) is 1.35. The van der Waals surface area contributed by atoms with Gasteiger partial charge in [0.2, 0.25) is 0 Å². The number of esters is 1. The van der Waals surface area contributed by atoms with E-state index in [2.05, 4.69) is 0 Å². The van der Waals surface area contributed by atoms with Crippen molar-refractivity contribution in [2.75, 3.05) is 13.7 Å². The van der Waals surface area contributed by atoms with Gasteiger partial charge < -0.3 is 23.7 Å². The molecule has 198 valence electrons. The van der Waals surface area contributed by atoms with Crippen molar-refractivity contribution in [2.45, 2.75) is 45.1 Å². The number of rotatable bonds is 12. The van der Waals surface area contributed by atoms with Crippen molar-refractivity contribution in [3.8, 4) is 0 Å². The minimum atomic E-state index is -0.468. The molecule has 0 aromatic heterocycles. The summed E-state index contributed by atoms with van der Waals surface area (Å²) in [5.41, 5.74) is 3.81. The molecule has 4 rings (SSSR count). The summed E-state index contributed by atoms with van der Waals surface area (Å²) in [5.74, 6) is 0.0921. The molecule has 0 radical (unpaired) electrons. The third kappa shape index (κ3) is 8.15. The van der Waals surface area contributed by atoms with E-state index in [9.17, 15) is 4.79 Å². The molecular formula is C32H34O6. The van der Waals surface area contributed by atoms with Gasteiger partial charge in [0.25, 0.3) is 0 Å². The molecule has 3 aromatic rings. The highest BCUT2D eigenvalue weighted by molar-refractivity contribution is 5.83. The van der Waals surface area contributed by atoms with Crippen molar-refractivity contribution in [3.63, 3.8) is 0 Å². The zero-order valence-corrected chi connectivity index (χ0v) is 21.8. The Bertz CT molecular complexity index is 1190. The lowest BCUT2D eigenvalue weighted by atomic mass is 10.0. The molecule has 3 aromatic carbocycles. The predicted octanol–water partition coefficient (Wildman–Crippen LogP) is 5.78. The van der Waals surface area contributed by atoms with Gasteiger partial charge in [0, 0.05) is 6.08 Å². The van der Waals surface area contributed by atoms with Gasteiger partial charge in [0.05, 0.1) is 33.5 Å². The quantitative estimate of drug-likeness (QED) is 0.226. The van der Waals surface area contributed by atoms with E-state index in [4.69, 9.17) is 23.7 Å². The Hall–Kier alpha value is -3.71. The van der Waals surface area contributed by atoms with Crippen LogP contribution in [0.1, 0.15) is 23.6 Å². The lowest BCUT2D eigenvalue weighted by Crippen LogP contribution is -2.47. The van der Waals surface area contributed by atoms with Gasteiger partial charge in [-0.05, 0) is 35.3 Å². The number of hydrogen-bond acceptors (Lipinski definition) is 6. The highest BCUT2D eigenvalue weighted by Crippen LogP contribution is 2.29. The Morgan fingerprint density at radius 1 is 0.789 bits per heavy atom. The zero-order chi connectivity index (χ0) is 26.6. The second kappa shape index (κ2) is 14.3. The Morgan fingerprint density at radius 3 is 1.87 bits per heavy atom. The minimum Gasteiger partial charge on any atom is -0.485 e. The molecule has 0 amide bonds. The number of hydrogen-bond donors (Lipinski definition) is 0. The largest absolute Gasteiger partial charge is 0.485 e. The highest BCUT2D eigenvalue weighted by Gasteiger charge is 2.37. The van der Waals surface area contributed by atoms with Crippen LogP contribution < -0.4 is 0 Å². The van der Waals surface area contributed by atoms with E-state index >= 15 is 0 Å². The fourth-order valence-electron chi connectivity index (χ4n) is 4.13. The van der Waals surface area contributed by atoms with Gasteiger partial charge in [-0.3, -0.25) is 0 Å². The van der Waals surface area contributed by atoms with Crippen molar-refractivity contribution >= 4 is 5.97 Å². The summed E-state index contributed by atoms with van der Waals surface area (Å²) in [4.78, 5) is 11.9. The Morgan fingerprint density at radius 2 is 1.32 bits per heavy atom. The standard InChI is InChI=1S/C32H34O6/c1-24(18-31(33)34-2)28-19-29(36-21-26-14-8-4-9-15-26)32(37-22-27-16-10-5-11-17-27)30(38-28)23-35-20-25-12-6-3-7-13-25/h3-19,29-30,32H,20-23H2,1-2H3/b24-18-/t29-,30-,32+/m1/s1. The van der Waals surface area contributed by atoms with Crippen LogP contribution in [0, 0.1) is 0 Å². The number of methoxy groups -OCH3 is 1. The monoisotopic (exact) mass is 514 g/mol. The van der Waals surface area contributed by atoms with Crippen LogP contribution in [0.25, 0.3) is 0 Å². The molecule has 1 heterocycles. The Balaban J connectivity index is 1.57. The summed E-state index contributed by atoms with van der Waals surface area (Å²) in [5, 5.41) is 0. The Labute approximate surface area is 224 Å². The predicted molar refractivity (Wildman–Crippen MR) is 145 cm³/mol. The molecule has 38 heavy (non-hydrogen) atoms. The summed E-state index contributed by atoms with van der Waals surface area (Å²) in [6.45, 7) is 3.33. The zero-order valence-electron chi connectivity index (χ0n) is 21.8. The van der Waals surface area contributed by atoms with E-state index in [1.165, 1.54) is 13.2 Å². The first-order chi connectivity index (χ1) is 18.6. The van der Waals surface area contributed by atoms with Gasteiger partial charge in [0.1, 0.15) is 18.0 Å². The molecule has 6 nitrogen and oxygen atoms in total. The van der Waals surface area contributed by atoms with Crippen molar-refractivity contribution in [3.05, 3.63) is 131 Å². The molecule has 1 aliphatic heterocycles. The van der Waals surface area contributed by atoms with Crippen LogP contribution in [0.2, 0.25) is 0 Å². The smallest absolute Gasteiger partial charge is 0.330 e. The minimum absolute atomic E-state index is 0.280. The third-order valence-electron chi connectivity index (χ3n) is 6.17.